The van der Waals surface area contributed by atoms with Gasteiger partial charge in [0.25, 0.3) is 0 Å². The lowest BCUT2D eigenvalue weighted by atomic mass is 10.0. The minimum Gasteiger partial charge on any atom is -0.493 e. The second-order valence-corrected chi connectivity index (χ2v) is 13.6. The Balaban J connectivity index is 0.000000385. The van der Waals surface area contributed by atoms with E-state index in [0.717, 1.165) is 72.0 Å². The number of benzene rings is 2. The highest BCUT2D eigenvalue weighted by atomic mass is 35.5. The predicted octanol–water partition coefficient (Wildman–Crippen LogP) is 7.64. The third-order valence-corrected chi connectivity index (χ3v) is 9.40. The first-order valence-corrected chi connectivity index (χ1v) is 17.9. The Bertz CT molecular complexity index is 2030. The largest absolute Gasteiger partial charge is 0.493 e. The summed E-state index contributed by atoms with van der Waals surface area (Å²) in [6.45, 7) is 3.42. The molecule has 3 N–H and O–H groups in total. The molecule has 6 bridgehead atoms. The summed E-state index contributed by atoms with van der Waals surface area (Å²) in [6.07, 6.45) is -2.71. The summed E-state index contributed by atoms with van der Waals surface area (Å²) in [5, 5.41) is 10.2. The highest BCUT2D eigenvalue weighted by Crippen LogP contribution is 2.31. The molecule has 4 aromatic rings. The number of halogens is 7. The van der Waals surface area contributed by atoms with E-state index in [9.17, 15) is 40.7 Å². The van der Waals surface area contributed by atoms with Crippen LogP contribution in [0.5, 0.6) is 5.75 Å². The molecule has 4 heterocycles. The van der Waals surface area contributed by atoms with Crippen LogP contribution < -0.4 is 25.6 Å². The number of nitrogens with zero attached hydrogens (tertiary/aromatic N) is 5. The van der Waals surface area contributed by atoms with Gasteiger partial charge in [0, 0.05) is 67.8 Å². The Labute approximate surface area is 321 Å². The molecule has 2 aromatic heterocycles. The van der Waals surface area contributed by atoms with Gasteiger partial charge in [0.15, 0.2) is 5.82 Å². The third kappa shape index (κ3) is 10.3. The van der Waals surface area contributed by atoms with Crippen molar-refractivity contribution in [1.29, 1.82) is 0 Å². The standard InChI is InChI=1S/C33H35ClN8O2.C4F6O2/c34-29-21-36-32-38-27-17-22(10-15-44-28-7-3-6-26(19-28)37-31(29)40-32)16-24(18-27)23-8-9-30(35-20-23)41-11-13-42(14-12-41)33(43)39-25-4-1-2-5-25;5-3(6,7)1(11)2(12)4(8,9)10/h3,6-9,16-21,25H,1-2,4-5,10-15H2,(H,39,43)(H2,36,37,38,40);. The molecule has 19 heteroatoms. The van der Waals surface area contributed by atoms with Gasteiger partial charge in [0.1, 0.15) is 16.6 Å². The smallest absolute Gasteiger partial charge is 0.458 e. The van der Waals surface area contributed by atoms with Gasteiger partial charge in [-0.15, -0.1) is 0 Å². The molecule has 12 nitrogen and oxygen atoms in total. The zero-order valence-corrected chi connectivity index (χ0v) is 30.3. The maximum atomic E-state index is 12.7. The quantitative estimate of drug-likeness (QED) is 0.139. The van der Waals surface area contributed by atoms with Gasteiger partial charge in [-0.05, 0) is 60.4 Å². The van der Waals surface area contributed by atoms with Crippen LogP contribution in [0.4, 0.5) is 60.1 Å². The van der Waals surface area contributed by atoms with Crippen LogP contribution in [0.15, 0.2) is 67.0 Å². The number of anilines is 5. The molecule has 296 valence electrons. The molecule has 56 heavy (non-hydrogen) atoms. The fourth-order valence-electron chi connectivity index (χ4n) is 6.28. The van der Waals surface area contributed by atoms with Crippen LogP contribution in [-0.2, 0) is 16.0 Å². The van der Waals surface area contributed by atoms with Crippen molar-refractivity contribution in [2.24, 2.45) is 0 Å². The average molecular weight is 805 g/mol. The summed E-state index contributed by atoms with van der Waals surface area (Å²) in [4.78, 5) is 49.9. The zero-order valence-electron chi connectivity index (χ0n) is 29.5. The Morgan fingerprint density at radius 1 is 0.804 bits per heavy atom. The van der Waals surface area contributed by atoms with Gasteiger partial charge < -0.3 is 30.5 Å². The number of amides is 2. The van der Waals surface area contributed by atoms with Crippen LogP contribution in [0, 0.1) is 0 Å². The van der Waals surface area contributed by atoms with Crippen LogP contribution in [0.3, 0.4) is 0 Å². The number of Topliss-reactive ketones (excluding diaryl/α,β-unsaturated/α-hetero) is 2. The number of alkyl halides is 6. The first-order valence-electron chi connectivity index (χ1n) is 17.6. The predicted molar refractivity (Wildman–Crippen MR) is 196 cm³/mol. The molecule has 1 saturated heterocycles. The van der Waals surface area contributed by atoms with Gasteiger partial charge in [-0.25, -0.2) is 14.8 Å². The number of pyridine rings is 1. The number of hydrogen-bond acceptors (Lipinski definition) is 10. The molecule has 0 atom stereocenters. The van der Waals surface area contributed by atoms with Gasteiger partial charge >= 0.3 is 30.0 Å². The summed E-state index contributed by atoms with van der Waals surface area (Å²) in [7, 11) is 0. The molecule has 0 unspecified atom stereocenters. The van der Waals surface area contributed by atoms with Gasteiger partial charge in [-0.2, -0.15) is 31.3 Å². The van der Waals surface area contributed by atoms with Gasteiger partial charge in [0.2, 0.25) is 5.95 Å². The molecule has 1 aliphatic carbocycles. The van der Waals surface area contributed by atoms with E-state index in [-0.39, 0.29) is 6.03 Å². The molecule has 2 aromatic carbocycles. The van der Waals surface area contributed by atoms with E-state index in [1.54, 1.807) is 6.20 Å². The van der Waals surface area contributed by atoms with E-state index in [2.05, 4.69) is 61.2 Å². The molecule has 1 saturated carbocycles. The van der Waals surface area contributed by atoms with E-state index in [1.165, 1.54) is 12.8 Å². The Morgan fingerprint density at radius 3 is 2.18 bits per heavy atom. The monoisotopic (exact) mass is 804 g/mol. The van der Waals surface area contributed by atoms with Crippen molar-refractivity contribution in [2.75, 3.05) is 48.3 Å². The molecule has 2 amide bonds. The van der Waals surface area contributed by atoms with Crippen LogP contribution in [0.25, 0.3) is 11.1 Å². The van der Waals surface area contributed by atoms with E-state index < -0.39 is 23.9 Å². The SMILES string of the molecule is O=C(C(=O)C(F)(F)F)C(F)(F)F.O=C(NC1CCCC1)N1CCN(c2ccc(-c3cc4cc(c3)Nc3ncc(Cl)c(n3)Nc3cccc(c3)OCC4)cn2)CC1. The minimum absolute atomic E-state index is 0.0664. The second kappa shape index (κ2) is 17.0. The van der Waals surface area contributed by atoms with Crippen LogP contribution in [-0.4, -0.2) is 88.6 Å². The molecule has 2 aliphatic heterocycles. The molecule has 0 spiro atoms. The van der Waals surface area contributed by atoms with E-state index in [1.807, 2.05) is 35.4 Å². The van der Waals surface area contributed by atoms with Crippen molar-refractivity contribution < 1.29 is 45.5 Å². The first-order chi connectivity index (χ1) is 26.6. The first kappa shape index (κ1) is 40.0. The number of ketones is 2. The lowest BCUT2D eigenvalue weighted by Gasteiger charge is -2.36. The average Bonchev–Trinajstić information content (AvgIpc) is 3.68. The molecule has 0 radical (unpaired) electrons. The lowest BCUT2D eigenvalue weighted by Crippen LogP contribution is -2.53. The second-order valence-electron chi connectivity index (χ2n) is 13.1. The fourth-order valence-corrected chi connectivity index (χ4v) is 6.42. The highest BCUT2D eigenvalue weighted by molar-refractivity contribution is 6.41. The number of piperazine rings is 1. The number of aromatic nitrogens is 3. The number of hydrogen-bond donors (Lipinski definition) is 3. The van der Waals surface area contributed by atoms with Gasteiger partial charge in [-0.1, -0.05) is 36.6 Å². The topological polar surface area (TPSA) is 142 Å². The zero-order chi connectivity index (χ0) is 40.0. The number of carbonyl (C=O) groups is 3. The van der Waals surface area contributed by atoms with Crippen LogP contribution in [0.1, 0.15) is 31.2 Å². The van der Waals surface area contributed by atoms with Crippen molar-refractivity contribution >= 4 is 58.2 Å². The Kier molecular flexibility index (Phi) is 12.2. The third-order valence-electron chi connectivity index (χ3n) is 9.13. The van der Waals surface area contributed by atoms with Crippen LogP contribution >= 0.6 is 11.6 Å². The number of fused-ring (bicyclic) bond motifs is 6. The fraction of sp³-hybridized carbons (Fsp3) is 0.351. The summed E-state index contributed by atoms with van der Waals surface area (Å²) in [5.74, 6) is -4.19. The molecular weight excluding hydrogens is 770 g/mol. The summed E-state index contributed by atoms with van der Waals surface area (Å²) in [6, 6.07) is 18.6. The number of nitrogens with one attached hydrogen (secondary N) is 3. The Morgan fingerprint density at radius 2 is 1.52 bits per heavy atom. The van der Waals surface area contributed by atoms with Crippen molar-refractivity contribution in [3.63, 3.8) is 0 Å². The van der Waals surface area contributed by atoms with Crippen molar-refractivity contribution in [3.05, 3.63) is 77.6 Å². The maximum Gasteiger partial charge on any atom is 0.458 e. The van der Waals surface area contributed by atoms with Crippen LogP contribution in [0.2, 0.25) is 5.02 Å². The molecule has 3 aliphatic rings. The molecule has 7 rings (SSSR count). The highest BCUT2D eigenvalue weighted by Gasteiger charge is 2.54. The van der Waals surface area contributed by atoms with Crippen molar-refractivity contribution in [3.8, 4) is 16.9 Å². The van der Waals surface area contributed by atoms with E-state index >= 15 is 0 Å². The summed E-state index contributed by atoms with van der Waals surface area (Å²) in [5.41, 5.74) is 4.83. The van der Waals surface area contributed by atoms with Crippen molar-refractivity contribution in [1.82, 2.24) is 25.2 Å². The van der Waals surface area contributed by atoms with E-state index in [4.69, 9.17) is 21.3 Å². The maximum absolute atomic E-state index is 12.7. The van der Waals surface area contributed by atoms with Crippen molar-refractivity contribution in [2.45, 2.75) is 50.5 Å². The molecular formula is C37H35ClF6N8O4. The number of carbonyl (C=O) groups excluding carboxylic acids is 3. The van der Waals surface area contributed by atoms with Gasteiger partial charge in [0.05, 0.1) is 12.8 Å². The number of ether oxygens (including phenoxy) is 1. The number of rotatable bonds is 4. The molecule has 2 fully saturated rings. The summed E-state index contributed by atoms with van der Waals surface area (Å²) >= 11 is 6.41. The van der Waals surface area contributed by atoms with Gasteiger partial charge in [-0.3, -0.25) is 9.59 Å². The minimum atomic E-state index is -5.77. The lowest BCUT2D eigenvalue weighted by molar-refractivity contribution is -0.193. The number of urea groups is 1. The summed E-state index contributed by atoms with van der Waals surface area (Å²) < 4.78 is 73.0. The van der Waals surface area contributed by atoms with E-state index in [0.29, 0.717) is 42.5 Å². The Hall–Kier alpha value is -5.65. The normalized spacial score (nSPS) is 15.9.